The van der Waals surface area contributed by atoms with E-state index in [1.54, 1.807) is 16.5 Å². The van der Waals surface area contributed by atoms with Crippen LogP contribution in [0.4, 0.5) is 16.2 Å². The first kappa shape index (κ1) is 18.5. The van der Waals surface area contributed by atoms with Crippen LogP contribution in [0.2, 0.25) is 0 Å². The second-order valence-corrected chi connectivity index (χ2v) is 6.82. The minimum absolute atomic E-state index is 0.0664. The number of amidine groups is 1. The topological polar surface area (TPSA) is 76.3 Å². The number of amides is 4. The van der Waals surface area contributed by atoms with Gasteiger partial charge in [-0.2, -0.15) is 0 Å². The summed E-state index contributed by atoms with van der Waals surface area (Å²) >= 11 is 0. The number of anilines is 2. The van der Waals surface area contributed by atoms with Crippen molar-refractivity contribution in [1.29, 1.82) is 0 Å². The fourth-order valence-corrected chi connectivity index (χ4v) is 3.49. The Balaban J connectivity index is 1.63. The van der Waals surface area contributed by atoms with Gasteiger partial charge in [0.25, 0.3) is 30.0 Å². The van der Waals surface area contributed by atoms with Crippen LogP contribution in [0.15, 0.2) is 65.7 Å². The summed E-state index contributed by atoms with van der Waals surface area (Å²) < 4.78 is 1.57. The molecule has 146 valence electrons. The van der Waals surface area contributed by atoms with Gasteiger partial charge >= 0.3 is 6.03 Å². The number of aliphatic imine (C=N–C) groups is 1. The largest absolute Gasteiger partial charge is 0.333 e. The van der Waals surface area contributed by atoms with E-state index in [1.165, 1.54) is 18.3 Å². The Labute approximate surface area is 168 Å². The first-order chi connectivity index (χ1) is 14.0. The number of hydrogen-bond acceptors (Lipinski definition) is 4. The first-order valence-corrected chi connectivity index (χ1v) is 9.14. The van der Waals surface area contributed by atoms with Gasteiger partial charge in [0.2, 0.25) is 0 Å². The van der Waals surface area contributed by atoms with Crippen LogP contribution in [0.25, 0.3) is 0 Å². The number of hydrogen-bond donors (Lipinski definition) is 0. The van der Waals surface area contributed by atoms with Gasteiger partial charge < -0.3 is 0 Å². The summed E-state index contributed by atoms with van der Waals surface area (Å²) in [5.74, 6) is -0.290. The van der Waals surface area contributed by atoms with Gasteiger partial charge in [0.05, 0.1) is 0 Å². The SMILES string of the molecule is CN1C(=O)C2C(=NC=[N+]2CC(=O)N(c2ccccc2)c2ccccc2)N(C)C1=O. The van der Waals surface area contributed by atoms with Crippen molar-refractivity contribution in [2.45, 2.75) is 6.04 Å². The van der Waals surface area contributed by atoms with E-state index >= 15 is 0 Å². The van der Waals surface area contributed by atoms with E-state index in [-0.39, 0.29) is 12.5 Å². The fraction of sp³-hybridized carbons (Fsp3) is 0.190. The summed E-state index contributed by atoms with van der Waals surface area (Å²) in [4.78, 5) is 46.3. The maximum Gasteiger partial charge on any atom is 0.333 e. The number of rotatable bonds is 4. The number of para-hydroxylation sites is 2. The van der Waals surface area contributed by atoms with Gasteiger partial charge in [-0.25, -0.2) is 9.37 Å². The van der Waals surface area contributed by atoms with E-state index in [0.29, 0.717) is 5.84 Å². The van der Waals surface area contributed by atoms with Crippen LogP contribution in [-0.4, -0.2) is 71.1 Å². The van der Waals surface area contributed by atoms with Crippen molar-refractivity contribution in [3.05, 3.63) is 60.7 Å². The molecule has 0 radical (unpaired) electrons. The minimum atomic E-state index is -0.792. The summed E-state index contributed by atoms with van der Waals surface area (Å²) in [6.07, 6.45) is 1.45. The number of likely N-dealkylation sites (N-methyl/N-ethyl adjacent to an activating group) is 2. The van der Waals surface area contributed by atoms with Gasteiger partial charge in [-0.1, -0.05) is 36.4 Å². The van der Waals surface area contributed by atoms with E-state index in [9.17, 15) is 14.4 Å². The lowest BCUT2D eigenvalue weighted by Crippen LogP contribution is -2.62. The van der Waals surface area contributed by atoms with Gasteiger partial charge in [-0.05, 0) is 29.3 Å². The number of benzene rings is 2. The Bertz CT molecular complexity index is 993. The third-order valence-electron chi connectivity index (χ3n) is 4.99. The highest BCUT2D eigenvalue weighted by Crippen LogP contribution is 2.25. The molecule has 2 aliphatic rings. The van der Waals surface area contributed by atoms with E-state index < -0.39 is 18.0 Å². The number of imide groups is 1. The third kappa shape index (κ3) is 3.18. The van der Waals surface area contributed by atoms with E-state index in [4.69, 9.17) is 0 Å². The molecule has 8 heteroatoms. The van der Waals surface area contributed by atoms with Crippen LogP contribution in [0, 0.1) is 0 Å². The van der Waals surface area contributed by atoms with Crippen molar-refractivity contribution in [3.8, 4) is 0 Å². The molecule has 0 N–H and O–H groups in total. The average molecular weight is 390 g/mol. The van der Waals surface area contributed by atoms with Crippen molar-refractivity contribution < 1.29 is 19.0 Å². The van der Waals surface area contributed by atoms with Crippen LogP contribution >= 0.6 is 0 Å². The Morgan fingerprint density at radius 2 is 1.52 bits per heavy atom. The summed E-state index contributed by atoms with van der Waals surface area (Å²) in [7, 11) is 2.99. The lowest BCUT2D eigenvalue weighted by Gasteiger charge is -2.31. The minimum Gasteiger partial charge on any atom is -0.278 e. The van der Waals surface area contributed by atoms with Gasteiger partial charge in [0, 0.05) is 25.5 Å². The Hall–Kier alpha value is -3.81. The monoisotopic (exact) mass is 390 g/mol. The zero-order valence-corrected chi connectivity index (χ0v) is 16.1. The lowest BCUT2D eigenvalue weighted by molar-refractivity contribution is -0.519. The predicted octanol–water partition coefficient (Wildman–Crippen LogP) is 1.70. The zero-order valence-electron chi connectivity index (χ0n) is 16.1. The summed E-state index contributed by atoms with van der Waals surface area (Å²) in [6.45, 7) is -0.0664. The standard InChI is InChI=1S/C21H20N5O3/c1-23-19-18(20(28)24(2)21(23)29)25(14-22-19)13-17(27)26(15-9-5-3-6-10-15)16-11-7-4-8-12-16/h3-12,14,18H,13H2,1-2H3/q+1. The Kier molecular flexibility index (Phi) is 4.67. The molecule has 2 aliphatic heterocycles. The molecule has 2 heterocycles. The van der Waals surface area contributed by atoms with E-state index in [1.807, 2.05) is 60.7 Å². The predicted molar refractivity (Wildman–Crippen MR) is 108 cm³/mol. The van der Waals surface area contributed by atoms with Gasteiger partial charge in [0.15, 0.2) is 6.54 Å². The van der Waals surface area contributed by atoms with Crippen LogP contribution in [0.1, 0.15) is 0 Å². The number of nitrogens with zero attached hydrogens (tertiary/aromatic N) is 5. The van der Waals surface area contributed by atoms with Crippen molar-refractivity contribution in [2.75, 3.05) is 25.5 Å². The molecule has 0 spiro atoms. The fourth-order valence-electron chi connectivity index (χ4n) is 3.49. The molecule has 0 aliphatic carbocycles. The molecule has 1 fully saturated rings. The molecule has 0 saturated carbocycles. The second-order valence-electron chi connectivity index (χ2n) is 6.82. The second kappa shape index (κ2) is 7.31. The third-order valence-corrected chi connectivity index (χ3v) is 4.99. The quantitative estimate of drug-likeness (QED) is 0.746. The molecule has 4 rings (SSSR count). The molecule has 1 saturated heterocycles. The molecule has 8 nitrogen and oxygen atoms in total. The normalized spacial score (nSPS) is 18.3. The molecule has 4 amide bonds. The van der Waals surface area contributed by atoms with Crippen molar-refractivity contribution in [3.63, 3.8) is 0 Å². The van der Waals surface area contributed by atoms with E-state index in [2.05, 4.69) is 4.99 Å². The van der Waals surface area contributed by atoms with E-state index in [0.717, 1.165) is 16.3 Å². The van der Waals surface area contributed by atoms with Crippen LogP contribution in [0.5, 0.6) is 0 Å². The molecule has 0 bridgehead atoms. The number of fused-ring (bicyclic) bond motifs is 1. The number of urea groups is 1. The van der Waals surface area contributed by atoms with Crippen LogP contribution < -0.4 is 4.90 Å². The maximum absolute atomic E-state index is 13.3. The number of carbonyl (C=O) groups is 3. The number of carbonyl (C=O) groups excluding carboxylic acids is 3. The molecule has 2 aromatic carbocycles. The molecule has 2 aromatic rings. The maximum atomic E-state index is 13.3. The van der Waals surface area contributed by atoms with Crippen LogP contribution in [0.3, 0.4) is 0 Å². The highest BCUT2D eigenvalue weighted by molar-refractivity contribution is 6.21. The van der Waals surface area contributed by atoms with Gasteiger partial charge in [0.1, 0.15) is 0 Å². The van der Waals surface area contributed by atoms with Crippen molar-refractivity contribution in [1.82, 2.24) is 9.80 Å². The molecule has 29 heavy (non-hydrogen) atoms. The summed E-state index contributed by atoms with van der Waals surface area (Å²) in [5.41, 5.74) is 1.45. The molecular formula is C21H20N5O3+. The first-order valence-electron chi connectivity index (χ1n) is 9.14. The lowest BCUT2D eigenvalue weighted by atomic mass is 10.1. The Morgan fingerprint density at radius 3 is 2.07 bits per heavy atom. The molecule has 0 aromatic heterocycles. The summed E-state index contributed by atoms with van der Waals surface area (Å²) in [5, 5.41) is 0. The van der Waals surface area contributed by atoms with Gasteiger partial charge in [-0.15, -0.1) is 0 Å². The van der Waals surface area contributed by atoms with Gasteiger partial charge in [-0.3, -0.25) is 24.3 Å². The highest BCUT2D eigenvalue weighted by atomic mass is 16.2. The summed E-state index contributed by atoms with van der Waals surface area (Å²) in [6, 6.07) is 17.4. The van der Waals surface area contributed by atoms with Crippen LogP contribution in [-0.2, 0) is 9.59 Å². The molecule has 1 atom stereocenters. The highest BCUT2D eigenvalue weighted by Gasteiger charge is 2.51. The molecular weight excluding hydrogens is 370 g/mol. The molecule has 1 unspecified atom stereocenters. The Morgan fingerprint density at radius 1 is 0.966 bits per heavy atom. The van der Waals surface area contributed by atoms with Crippen molar-refractivity contribution >= 4 is 41.4 Å². The van der Waals surface area contributed by atoms with Crippen molar-refractivity contribution in [2.24, 2.45) is 4.99 Å². The average Bonchev–Trinajstić information content (AvgIpc) is 3.16. The zero-order chi connectivity index (χ0) is 20.5. The smallest absolute Gasteiger partial charge is 0.278 e.